The molecule has 0 fully saturated rings. The van der Waals surface area contributed by atoms with Crippen LogP contribution >= 0.6 is 0 Å². The summed E-state index contributed by atoms with van der Waals surface area (Å²) in [4.78, 5) is 0. The van der Waals surface area contributed by atoms with E-state index in [2.05, 4.69) is 78.7 Å². The second kappa shape index (κ2) is 6.26. The van der Waals surface area contributed by atoms with Crippen LogP contribution in [0.1, 0.15) is 5.56 Å². The molecule has 0 N–H and O–H groups in total. The third-order valence-electron chi connectivity index (χ3n) is 3.48. The van der Waals surface area contributed by atoms with Crippen LogP contribution in [0.3, 0.4) is 0 Å². The van der Waals surface area contributed by atoms with Gasteiger partial charge in [-0.25, -0.2) is 0 Å². The Labute approximate surface area is 127 Å². The fraction of sp³-hybridized carbons (Fsp3) is 0. The van der Waals surface area contributed by atoms with Crippen molar-refractivity contribution in [3.8, 4) is 12.3 Å². The van der Waals surface area contributed by atoms with Crippen molar-refractivity contribution in [1.29, 1.82) is 0 Å². The molecule has 0 aliphatic rings. The lowest BCUT2D eigenvalue weighted by Crippen LogP contribution is -2.52. The van der Waals surface area contributed by atoms with Crippen molar-refractivity contribution in [2.24, 2.45) is 0 Å². The van der Waals surface area contributed by atoms with E-state index in [4.69, 9.17) is 6.42 Å². The molecule has 3 aromatic rings. The minimum absolute atomic E-state index is 0.999. The third kappa shape index (κ3) is 2.81. The van der Waals surface area contributed by atoms with Gasteiger partial charge >= 0.3 is 0 Å². The molecule has 0 aliphatic heterocycles. The first-order valence-electron chi connectivity index (χ1n) is 6.94. The molecule has 0 saturated heterocycles. The molecule has 1 heteroatoms. The number of hydrogen-bond donors (Lipinski definition) is 0. The topological polar surface area (TPSA) is 0 Å². The Kier molecular flexibility index (Phi) is 4.00. The average molecular weight is 283 g/mol. The van der Waals surface area contributed by atoms with Gasteiger partial charge in [-0.05, 0) is 11.3 Å². The summed E-state index contributed by atoms with van der Waals surface area (Å²) in [5, 5.41) is 4.00. The number of terminal acetylenes is 1. The largest absolute Gasteiger partial charge is 0.156 e. The van der Waals surface area contributed by atoms with Crippen LogP contribution in [0.5, 0.6) is 0 Å². The predicted molar refractivity (Wildman–Crippen MR) is 91.9 cm³/mol. The molecule has 3 rings (SSSR count). The van der Waals surface area contributed by atoms with E-state index in [0.717, 1.165) is 5.56 Å². The van der Waals surface area contributed by atoms with Crippen LogP contribution in [0.4, 0.5) is 0 Å². The molecule has 21 heavy (non-hydrogen) atoms. The fourth-order valence-corrected chi connectivity index (χ4v) is 5.21. The van der Waals surface area contributed by atoms with Crippen molar-refractivity contribution < 1.29 is 0 Å². The maximum Gasteiger partial charge on any atom is 0.156 e. The van der Waals surface area contributed by atoms with E-state index in [1.165, 1.54) is 15.6 Å². The average Bonchev–Trinajstić information content (AvgIpc) is 2.58. The molecule has 0 spiro atoms. The van der Waals surface area contributed by atoms with Gasteiger partial charge in [0.25, 0.3) is 0 Å². The van der Waals surface area contributed by atoms with E-state index in [0.29, 0.717) is 0 Å². The second-order valence-electron chi connectivity index (χ2n) is 4.80. The van der Waals surface area contributed by atoms with Crippen LogP contribution in [0.25, 0.3) is 0 Å². The lowest BCUT2D eigenvalue weighted by molar-refractivity contribution is 1.68. The molecule has 0 aromatic heterocycles. The molecule has 99 valence electrons. The van der Waals surface area contributed by atoms with E-state index in [1.54, 1.807) is 0 Å². The number of rotatable bonds is 3. The first-order chi connectivity index (χ1) is 10.4. The first kappa shape index (κ1) is 13.4. The molecule has 0 nitrogen and oxygen atoms in total. The summed E-state index contributed by atoms with van der Waals surface area (Å²) in [6, 6.07) is 29.6. The predicted octanol–water partition coefficient (Wildman–Crippen LogP) is 2.18. The zero-order valence-corrected chi connectivity index (χ0v) is 12.7. The Morgan fingerprint density at radius 2 is 1.10 bits per heavy atom. The molecular weight excluding hydrogens is 268 g/mol. The van der Waals surface area contributed by atoms with Crippen LogP contribution in [-0.4, -0.2) is 8.80 Å². The van der Waals surface area contributed by atoms with E-state index < -0.39 is 8.80 Å². The van der Waals surface area contributed by atoms with Crippen LogP contribution < -0.4 is 15.6 Å². The molecule has 3 aromatic carbocycles. The Morgan fingerprint density at radius 3 is 1.62 bits per heavy atom. The van der Waals surface area contributed by atoms with E-state index in [1.807, 2.05) is 12.1 Å². The zero-order valence-electron chi connectivity index (χ0n) is 11.7. The van der Waals surface area contributed by atoms with Gasteiger partial charge in [0, 0.05) is 5.56 Å². The highest BCUT2D eigenvalue weighted by molar-refractivity contribution is 6.95. The molecule has 0 saturated carbocycles. The summed E-state index contributed by atoms with van der Waals surface area (Å²) in [5.41, 5.74) is 0.999. The van der Waals surface area contributed by atoms with Crippen LogP contribution in [0, 0.1) is 12.3 Å². The van der Waals surface area contributed by atoms with Gasteiger partial charge in [-0.3, -0.25) is 0 Å². The van der Waals surface area contributed by atoms with Gasteiger partial charge in [-0.1, -0.05) is 95.2 Å². The minimum atomic E-state index is -1.06. The first-order valence-corrected chi connectivity index (χ1v) is 8.44. The smallest absolute Gasteiger partial charge is 0.115 e. The minimum Gasteiger partial charge on any atom is -0.115 e. The van der Waals surface area contributed by atoms with Crippen molar-refractivity contribution in [3.05, 3.63) is 90.5 Å². The summed E-state index contributed by atoms with van der Waals surface area (Å²) in [7, 11) is -1.06. The fourth-order valence-electron chi connectivity index (χ4n) is 2.51. The second-order valence-corrected chi connectivity index (χ2v) is 7.24. The molecule has 0 heterocycles. The zero-order chi connectivity index (χ0) is 14.5. The number of benzene rings is 3. The lowest BCUT2D eigenvalue weighted by atomic mass is 10.2. The van der Waals surface area contributed by atoms with Gasteiger partial charge in [0.05, 0.1) is 0 Å². The van der Waals surface area contributed by atoms with Crippen molar-refractivity contribution >= 4 is 24.4 Å². The molecular formula is C20H15Si. The number of hydrogen-bond acceptors (Lipinski definition) is 0. The molecule has 0 aliphatic carbocycles. The third-order valence-corrected chi connectivity index (χ3v) is 6.27. The van der Waals surface area contributed by atoms with Crippen LogP contribution in [0.2, 0.25) is 0 Å². The Hall–Kier alpha value is -2.56. The van der Waals surface area contributed by atoms with E-state index in [-0.39, 0.29) is 0 Å². The van der Waals surface area contributed by atoms with Gasteiger partial charge in [-0.2, -0.15) is 0 Å². The quantitative estimate of drug-likeness (QED) is 0.393. The summed E-state index contributed by atoms with van der Waals surface area (Å²) < 4.78 is 0. The van der Waals surface area contributed by atoms with Gasteiger partial charge in [0.1, 0.15) is 0 Å². The van der Waals surface area contributed by atoms with Gasteiger partial charge in [-0.15, -0.1) is 6.42 Å². The van der Waals surface area contributed by atoms with E-state index >= 15 is 0 Å². The Bertz CT molecular complexity index is 715. The van der Waals surface area contributed by atoms with Gasteiger partial charge in [0.15, 0.2) is 8.80 Å². The highest BCUT2D eigenvalue weighted by Gasteiger charge is 2.21. The van der Waals surface area contributed by atoms with Crippen LogP contribution in [-0.2, 0) is 0 Å². The van der Waals surface area contributed by atoms with Crippen molar-refractivity contribution in [2.45, 2.75) is 0 Å². The standard InChI is InChI=1S/C20H15Si/c1-2-17-11-9-10-16-20(17)21(18-12-5-3-6-13-18)19-14-7-4-8-15-19/h1,3-16H. The monoisotopic (exact) mass is 283 g/mol. The highest BCUT2D eigenvalue weighted by atomic mass is 28.3. The SMILES string of the molecule is C#Cc1ccccc1[Si](c1ccccc1)c1ccccc1. The van der Waals surface area contributed by atoms with Crippen molar-refractivity contribution in [2.75, 3.05) is 0 Å². The van der Waals surface area contributed by atoms with Gasteiger partial charge < -0.3 is 0 Å². The summed E-state index contributed by atoms with van der Waals surface area (Å²) in [6.45, 7) is 0. The highest BCUT2D eigenvalue weighted by Crippen LogP contribution is 2.00. The summed E-state index contributed by atoms with van der Waals surface area (Å²) in [5.74, 6) is 2.84. The maximum absolute atomic E-state index is 5.71. The Balaban J connectivity index is 2.21. The summed E-state index contributed by atoms with van der Waals surface area (Å²) in [6.07, 6.45) is 5.71. The van der Waals surface area contributed by atoms with E-state index in [9.17, 15) is 0 Å². The molecule has 0 unspecified atom stereocenters. The van der Waals surface area contributed by atoms with Gasteiger partial charge in [0.2, 0.25) is 0 Å². The summed E-state index contributed by atoms with van der Waals surface area (Å²) >= 11 is 0. The molecule has 0 bridgehead atoms. The normalized spacial score (nSPS) is 10.3. The Morgan fingerprint density at radius 1 is 0.619 bits per heavy atom. The van der Waals surface area contributed by atoms with Crippen LogP contribution in [0.15, 0.2) is 84.9 Å². The van der Waals surface area contributed by atoms with Crippen molar-refractivity contribution in [1.82, 2.24) is 0 Å². The molecule has 0 amide bonds. The van der Waals surface area contributed by atoms with Crippen molar-refractivity contribution in [3.63, 3.8) is 0 Å². The molecule has 1 radical (unpaired) electrons. The maximum atomic E-state index is 5.71. The lowest BCUT2D eigenvalue weighted by Gasteiger charge is -2.18. The molecule has 0 atom stereocenters.